The van der Waals surface area contributed by atoms with Crippen LogP contribution in [0.15, 0.2) is 73.1 Å². The fourth-order valence-corrected chi connectivity index (χ4v) is 4.07. The molecule has 4 aromatic rings. The van der Waals surface area contributed by atoms with Gasteiger partial charge in [-0.05, 0) is 73.7 Å². The maximum Gasteiger partial charge on any atom is 0.408 e. The predicted octanol–water partition coefficient (Wildman–Crippen LogP) is 4.23. The van der Waals surface area contributed by atoms with Crippen LogP contribution in [0.4, 0.5) is 4.79 Å². The van der Waals surface area contributed by atoms with Crippen LogP contribution in [-0.2, 0) is 36.6 Å². The monoisotopic (exact) mass is 626 g/mol. The number of benzene rings is 2. The molecule has 12 nitrogen and oxygen atoms in total. The van der Waals surface area contributed by atoms with Crippen LogP contribution in [0.25, 0.3) is 22.5 Å². The van der Waals surface area contributed by atoms with Gasteiger partial charge in [-0.3, -0.25) is 15.0 Å². The lowest BCUT2D eigenvalue weighted by Gasteiger charge is -2.22. The molecular formula is C31H39ClN6O6. The molecule has 13 heteroatoms. The van der Waals surface area contributed by atoms with E-state index < -0.39 is 35.7 Å². The second-order valence-electron chi connectivity index (χ2n) is 10.6. The Bertz CT molecular complexity index is 1470. The standard InChI is InChI=1S/C18H23N3O4.C13H15N3O2.ClH/c1-18(2,3)25-17(23)20-15(16(22)24-4)11-12-6-5-7-13(10-12)14-8-9-19-21-14;1-18-13(17)11(14)8-9-3-2-4-10(7-9)12-5-6-15-16-12;/h5-10,15H,11H2,1-4H3,(H,19,21)(H,20,23);2-7,11H,8,14H2,1H3,(H,15,16);1H/t15-;11-;/m11./s1. The lowest BCUT2D eigenvalue weighted by molar-refractivity contribution is -0.143. The van der Waals surface area contributed by atoms with Crippen molar-refractivity contribution >= 4 is 30.4 Å². The van der Waals surface area contributed by atoms with Crippen LogP contribution in [0.3, 0.4) is 0 Å². The van der Waals surface area contributed by atoms with E-state index in [2.05, 4.69) is 30.4 Å². The molecule has 4 rings (SSSR count). The van der Waals surface area contributed by atoms with Crippen LogP contribution in [0.1, 0.15) is 31.9 Å². The van der Waals surface area contributed by atoms with Crippen molar-refractivity contribution in [3.8, 4) is 22.5 Å². The lowest BCUT2D eigenvalue weighted by atomic mass is 10.0. The number of carbonyl (C=O) groups is 3. The molecule has 0 unspecified atom stereocenters. The quantitative estimate of drug-likeness (QED) is 0.156. The molecule has 0 aliphatic heterocycles. The molecule has 5 N–H and O–H groups in total. The molecule has 0 saturated heterocycles. The third-order valence-corrected chi connectivity index (χ3v) is 6.05. The zero-order chi connectivity index (χ0) is 31.4. The summed E-state index contributed by atoms with van der Waals surface area (Å²) in [5, 5.41) is 16.2. The summed E-state index contributed by atoms with van der Waals surface area (Å²) in [5.74, 6) is -0.931. The van der Waals surface area contributed by atoms with E-state index in [1.54, 1.807) is 33.2 Å². The van der Waals surface area contributed by atoms with Gasteiger partial charge in [0, 0.05) is 18.8 Å². The van der Waals surface area contributed by atoms with Gasteiger partial charge in [-0.25, -0.2) is 9.59 Å². The Morgan fingerprint density at radius 2 is 1.32 bits per heavy atom. The zero-order valence-electron chi connectivity index (χ0n) is 25.3. The highest BCUT2D eigenvalue weighted by atomic mass is 35.5. The van der Waals surface area contributed by atoms with Gasteiger partial charge in [-0.2, -0.15) is 10.2 Å². The van der Waals surface area contributed by atoms with E-state index >= 15 is 0 Å². The first kappa shape index (κ1) is 35.5. The summed E-state index contributed by atoms with van der Waals surface area (Å²) in [4.78, 5) is 35.3. The summed E-state index contributed by atoms with van der Waals surface area (Å²) in [6.07, 6.45) is 3.45. The number of methoxy groups -OCH3 is 2. The number of halogens is 1. The number of ether oxygens (including phenoxy) is 3. The van der Waals surface area contributed by atoms with E-state index in [4.69, 9.17) is 15.2 Å². The van der Waals surface area contributed by atoms with Crippen molar-refractivity contribution < 1.29 is 28.6 Å². The second-order valence-corrected chi connectivity index (χ2v) is 10.6. The van der Waals surface area contributed by atoms with E-state index in [1.165, 1.54) is 14.2 Å². The van der Waals surface area contributed by atoms with Gasteiger partial charge in [0.1, 0.15) is 17.7 Å². The first-order valence-electron chi connectivity index (χ1n) is 13.6. The van der Waals surface area contributed by atoms with E-state index in [-0.39, 0.29) is 18.8 Å². The van der Waals surface area contributed by atoms with Crippen molar-refractivity contribution in [1.82, 2.24) is 25.7 Å². The topological polar surface area (TPSA) is 174 Å². The van der Waals surface area contributed by atoms with Crippen molar-refractivity contribution in [3.05, 3.63) is 84.2 Å². The van der Waals surface area contributed by atoms with Gasteiger partial charge in [-0.15, -0.1) is 12.4 Å². The van der Waals surface area contributed by atoms with E-state index in [0.29, 0.717) is 6.42 Å². The minimum atomic E-state index is -0.836. The highest BCUT2D eigenvalue weighted by Gasteiger charge is 2.25. The molecule has 2 aromatic carbocycles. The Hall–Kier alpha value is -4.68. The fraction of sp³-hybridized carbons (Fsp3) is 0.323. The number of alkyl carbamates (subject to hydrolysis) is 1. The molecule has 0 fully saturated rings. The number of rotatable bonds is 9. The molecule has 1 amide bonds. The summed E-state index contributed by atoms with van der Waals surface area (Å²) in [7, 11) is 2.62. The maximum absolute atomic E-state index is 12.0. The molecule has 2 atom stereocenters. The van der Waals surface area contributed by atoms with Gasteiger partial charge in [-0.1, -0.05) is 36.4 Å². The molecule has 0 radical (unpaired) electrons. The number of amides is 1. The van der Waals surface area contributed by atoms with E-state index in [0.717, 1.165) is 33.6 Å². The van der Waals surface area contributed by atoms with Crippen LogP contribution in [-0.4, -0.2) is 70.3 Å². The van der Waals surface area contributed by atoms with Crippen molar-refractivity contribution in [3.63, 3.8) is 0 Å². The van der Waals surface area contributed by atoms with Crippen molar-refractivity contribution in [1.29, 1.82) is 0 Å². The van der Waals surface area contributed by atoms with Gasteiger partial charge < -0.3 is 25.3 Å². The van der Waals surface area contributed by atoms with E-state index in [9.17, 15) is 14.4 Å². The Kier molecular flexibility index (Phi) is 13.6. The Balaban J connectivity index is 0.000000315. The molecule has 0 aliphatic carbocycles. The summed E-state index contributed by atoms with van der Waals surface area (Å²) in [5.41, 5.74) is 10.7. The minimum absolute atomic E-state index is 0. The molecule has 0 spiro atoms. The Morgan fingerprint density at radius 3 is 1.75 bits per heavy atom. The second kappa shape index (κ2) is 16.8. The van der Waals surface area contributed by atoms with E-state index in [1.807, 2.05) is 60.7 Å². The van der Waals surface area contributed by atoms with Crippen LogP contribution in [0, 0.1) is 0 Å². The maximum atomic E-state index is 12.0. The van der Waals surface area contributed by atoms with Gasteiger partial charge in [0.2, 0.25) is 0 Å². The van der Waals surface area contributed by atoms with Crippen LogP contribution >= 0.6 is 12.4 Å². The van der Waals surface area contributed by atoms with Crippen LogP contribution in [0.2, 0.25) is 0 Å². The number of aromatic nitrogens is 4. The first-order chi connectivity index (χ1) is 20.5. The number of nitrogens with one attached hydrogen (secondary N) is 3. The molecule has 0 saturated carbocycles. The molecular weight excluding hydrogens is 588 g/mol. The van der Waals surface area contributed by atoms with Gasteiger partial charge in [0.05, 0.1) is 25.6 Å². The van der Waals surface area contributed by atoms with Crippen LogP contribution < -0.4 is 11.1 Å². The molecule has 0 aliphatic rings. The minimum Gasteiger partial charge on any atom is -0.468 e. The number of aromatic amines is 2. The largest absolute Gasteiger partial charge is 0.468 e. The van der Waals surface area contributed by atoms with Gasteiger partial charge in [0.15, 0.2) is 0 Å². The fourth-order valence-electron chi connectivity index (χ4n) is 4.07. The highest BCUT2D eigenvalue weighted by molar-refractivity contribution is 5.85. The number of nitrogens with two attached hydrogens (primary N) is 1. The van der Waals surface area contributed by atoms with Crippen molar-refractivity contribution in [2.45, 2.75) is 51.3 Å². The number of hydrogen-bond acceptors (Lipinski definition) is 9. The molecule has 0 bridgehead atoms. The van der Waals surface area contributed by atoms with Gasteiger partial charge in [0.25, 0.3) is 0 Å². The number of esters is 2. The number of nitrogens with zero attached hydrogens (tertiary/aromatic N) is 2. The average molecular weight is 627 g/mol. The highest BCUT2D eigenvalue weighted by Crippen LogP contribution is 2.20. The smallest absolute Gasteiger partial charge is 0.408 e. The predicted molar refractivity (Wildman–Crippen MR) is 168 cm³/mol. The lowest BCUT2D eigenvalue weighted by Crippen LogP contribution is -2.45. The number of hydrogen-bond donors (Lipinski definition) is 4. The third kappa shape index (κ3) is 11.2. The number of carbonyl (C=O) groups excluding carboxylic acids is 3. The zero-order valence-corrected chi connectivity index (χ0v) is 26.1. The summed E-state index contributed by atoms with van der Waals surface area (Å²) >= 11 is 0. The van der Waals surface area contributed by atoms with Crippen molar-refractivity contribution in [2.75, 3.05) is 14.2 Å². The Morgan fingerprint density at radius 1 is 0.818 bits per heavy atom. The summed E-state index contributed by atoms with van der Waals surface area (Å²) < 4.78 is 14.6. The molecule has 2 heterocycles. The summed E-state index contributed by atoms with van der Waals surface area (Å²) in [6.45, 7) is 5.27. The van der Waals surface area contributed by atoms with Gasteiger partial charge >= 0.3 is 18.0 Å². The number of H-pyrrole nitrogens is 2. The average Bonchev–Trinajstić information content (AvgIpc) is 3.71. The molecule has 2 aromatic heterocycles. The third-order valence-electron chi connectivity index (χ3n) is 6.05. The molecule has 44 heavy (non-hydrogen) atoms. The SMILES string of the molecule is COC(=O)[C@@H](Cc1cccc(-c2ccn[nH]2)c1)NC(=O)OC(C)(C)C.COC(=O)[C@H](N)Cc1cccc(-c2ccn[nH]2)c1.Cl. The molecule has 236 valence electrons. The first-order valence-corrected chi connectivity index (χ1v) is 13.6. The van der Waals surface area contributed by atoms with Crippen molar-refractivity contribution in [2.24, 2.45) is 5.73 Å². The normalized spacial score (nSPS) is 12.0. The summed E-state index contributed by atoms with van der Waals surface area (Å²) in [6, 6.07) is 17.7. The Labute approximate surface area is 262 Å². The van der Waals surface area contributed by atoms with Crippen LogP contribution in [0.5, 0.6) is 0 Å².